The molecule has 0 fully saturated rings. The van der Waals surface area contributed by atoms with Gasteiger partial charge >= 0.3 is 0 Å². The van der Waals surface area contributed by atoms with Crippen molar-refractivity contribution >= 4 is 10.1 Å². The van der Waals surface area contributed by atoms with Crippen molar-refractivity contribution in [2.75, 3.05) is 12.3 Å². The smallest absolute Gasteiger partial charge is 0.133 e. The molecule has 0 saturated carbocycles. The number of hydrogen-bond donors (Lipinski definition) is 1. The average molecular weight is 300 g/mol. The molecular weight excluding hydrogens is 278 g/mol. The Morgan fingerprint density at radius 1 is 1.25 bits per heavy atom. The summed E-state index contributed by atoms with van der Waals surface area (Å²) in [4.78, 5) is 1.79. The maximum Gasteiger partial charge on any atom is 0.133 e. The molecule has 6 heteroatoms. The van der Waals surface area contributed by atoms with Gasteiger partial charge < -0.3 is 9.66 Å². The Kier molecular flexibility index (Phi) is 5.70. The summed E-state index contributed by atoms with van der Waals surface area (Å²) in [6.07, 6.45) is -0.627. The highest BCUT2D eigenvalue weighted by molar-refractivity contribution is 7.85. The third-order valence-corrected chi connectivity index (χ3v) is 3.84. The Labute approximate surface area is 121 Å². The molecular formula is C14H22NO4S-. The number of rotatable bonds is 6. The van der Waals surface area contributed by atoms with E-state index in [0.717, 1.165) is 5.56 Å². The van der Waals surface area contributed by atoms with E-state index < -0.39 is 22.1 Å². The van der Waals surface area contributed by atoms with Crippen molar-refractivity contribution in [3.63, 3.8) is 0 Å². The zero-order chi connectivity index (χ0) is 15.4. The Bertz CT molecular complexity index is 508. The fourth-order valence-electron chi connectivity index (χ4n) is 2.04. The van der Waals surface area contributed by atoms with Crippen LogP contribution < -0.4 is 0 Å². The maximum absolute atomic E-state index is 10.7. The van der Waals surface area contributed by atoms with Crippen LogP contribution in [-0.2, 0) is 10.1 Å². The molecule has 114 valence electrons. The van der Waals surface area contributed by atoms with Crippen molar-refractivity contribution < 1.29 is 18.1 Å². The van der Waals surface area contributed by atoms with E-state index in [4.69, 9.17) is 0 Å². The summed E-state index contributed by atoms with van der Waals surface area (Å²) in [5.74, 6) is -0.416. The minimum Gasteiger partial charge on any atom is -0.748 e. The fourth-order valence-corrected chi connectivity index (χ4v) is 2.52. The van der Waals surface area contributed by atoms with E-state index in [9.17, 15) is 18.1 Å². The molecule has 1 aromatic carbocycles. The number of nitrogens with zero attached hydrogens (tertiary/aromatic N) is 1. The van der Waals surface area contributed by atoms with Gasteiger partial charge in [0.05, 0.1) is 10.1 Å². The molecule has 1 atom stereocenters. The molecule has 0 aliphatic heterocycles. The lowest BCUT2D eigenvalue weighted by molar-refractivity contribution is -0.0532. The molecule has 1 N–H and O–H groups in total. The lowest BCUT2D eigenvalue weighted by atomic mass is 10.0. The van der Waals surface area contributed by atoms with Crippen LogP contribution >= 0.6 is 0 Å². The van der Waals surface area contributed by atoms with Gasteiger partial charge in [0.25, 0.3) is 0 Å². The first-order valence-corrected chi connectivity index (χ1v) is 8.12. The van der Waals surface area contributed by atoms with Crippen molar-refractivity contribution in [1.82, 2.24) is 4.90 Å². The lowest BCUT2D eigenvalue weighted by Gasteiger charge is -2.39. The standard InChI is InChI=1S/C14H23NO4S/c1-14(2,3)15(10-7-11-20(17,18)19)13(16)12-8-5-4-6-9-12/h4-6,8-9,13,16H,7,10-11H2,1-3H3,(H,17,18,19)/p-1. The highest BCUT2D eigenvalue weighted by Crippen LogP contribution is 2.26. The van der Waals surface area contributed by atoms with E-state index >= 15 is 0 Å². The van der Waals surface area contributed by atoms with Crippen LogP contribution in [0.1, 0.15) is 39.0 Å². The van der Waals surface area contributed by atoms with Gasteiger partial charge in [-0.15, -0.1) is 0 Å². The van der Waals surface area contributed by atoms with E-state index in [2.05, 4.69) is 0 Å². The molecule has 0 bridgehead atoms. The highest BCUT2D eigenvalue weighted by Gasteiger charge is 2.28. The third-order valence-electron chi connectivity index (χ3n) is 3.05. The van der Waals surface area contributed by atoms with Crippen LogP contribution in [0.3, 0.4) is 0 Å². The van der Waals surface area contributed by atoms with Gasteiger partial charge in [0.15, 0.2) is 0 Å². The monoisotopic (exact) mass is 300 g/mol. The van der Waals surface area contributed by atoms with Crippen LogP contribution in [-0.4, -0.2) is 40.8 Å². The molecule has 20 heavy (non-hydrogen) atoms. The van der Waals surface area contributed by atoms with Crippen LogP contribution in [0.15, 0.2) is 30.3 Å². The molecule has 5 nitrogen and oxygen atoms in total. The largest absolute Gasteiger partial charge is 0.748 e. The average Bonchev–Trinajstić information content (AvgIpc) is 2.32. The van der Waals surface area contributed by atoms with Crippen LogP contribution in [0.4, 0.5) is 0 Å². The molecule has 0 heterocycles. The zero-order valence-electron chi connectivity index (χ0n) is 12.1. The first-order valence-electron chi connectivity index (χ1n) is 6.54. The quantitative estimate of drug-likeness (QED) is 0.639. The SMILES string of the molecule is CC(C)(C)N(CCCS(=O)(=O)[O-])C(O)c1ccccc1. The predicted molar refractivity (Wildman–Crippen MR) is 77.0 cm³/mol. The maximum atomic E-state index is 10.7. The Morgan fingerprint density at radius 3 is 2.25 bits per heavy atom. The summed E-state index contributed by atoms with van der Waals surface area (Å²) < 4.78 is 32.0. The van der Waals surface area contributed by atoms with Gasteiger partial charge in [0.2, 0.25) is 0 Å². The second-order valence-electron chi connectivity index (χ2n) is 5.76. The summed E-state index contributed by atoms with van der Waals surface area (Å²) >= 11 is 0. The minimum absolute atomic E-state index is 0.201. The van der Waals surface area contributed by atoms with Crippen molar-refractivity contribution in [2.45, 2.75) is 39.0 Å². The summed E-state index contributed by atoms with van der Waals surface area (Å²) in [6, 6.07) is 9.16. The van der Waals surface area contributed by atoms with Crippen molar-refractivity contribution in [2.24, 2.45) is 0 Å². The molecule has 0 amide bonds. The number of aliphatic hydroxyl groups is 1. The summed E-state index contributed by atoms with van der Waals surface area (Å²) in [6.45, 7) is 6.14. The molecule has 0 spiro atoms. The van der Waals surface area contributed by atoms with E-state index in [1.807, 2.05) is 51.1 Å². The van der Waals surface area contributed by atoms with Gasteiger partial charge in [0.1, 0.15) is 6.23 Å². The van der Waals surface area contributed by atoms with Crippen molar-refractivity contribution in [1.29, 1.82) is 0 Å². The summed E-state index contributed by atoms with van der Waals surface area (Å²) in [5.41, 5.74) is 0.398. The third kappa shape index (κ3) is 5.58. The van der Waals surface area contributed by atoms with E-state index in [1.165, 1.54) is 0 Å². The number of aliphatic hydroxyl groups excluding tert-OH is 1. The van der Waals surface area contributed by atoms with Crippen LogP contribution in [0.5, 0.6) is 0 Å². The molecule has 1 aromatic rings. The van der Waals surface area contributed by atoms with Gasteiger partial charge in [-0.2, -0.15) is 0 Å². The normalized spacial score (nSPS) is 14.5. The van der Waals surface area contributed by atoms with E-state index in [0.29, 0.717) is 6.54 Å². The van der Waals surface area contributed by atoms with Gasteiger partial charge in [0, 0.05) is 17.8 Å². The zero-order valence-corrected chi connectivity index (χ0v) is 12.9. The first kappa shape index (κ1) is 17.1. The van der Waals surface area contributed by atoms with Crippen molar-refractivity contribution in [3.05, 3.63) is 35.9 Å². The first-order chi connectivity index (χ1) is 9.11. The molecule has 0 saturated heterocycles. The van der Waals surface area contributed by atoms with E-state index in [1.54, 1.807) is 4.90 Å². The number of benzene rings is 1. The molecule has 0 aliphatic rings. The summed E-state index contributed by atoms with van der Waals surface area (Å²) in [7, 11) is -4.21. The van der Waals surface area contributed by atoms with E-state index in [-0.39, 0.29) is 12.0 Å². The lowest BCUT2D eigenvalue weighted by Crippen LogP contribution is -2.44. The van der Waals surface area contributed by atoms with Gasteiger partial charge in [-0.05, 0) is 32.8 Å². The molecule has 1 unspecified atom stereocenters. The van der Waals surface area contributed by atoms with Crippen molar-refractivity contribution in [3.8, 4) is 0 Å². The van der Waals surface area contributed by atoms with Gasteiger partial charge in [-0.25, -0.2) is 8.42 Å². The second kappa shape index (κ2) is 6.67. The Hall–Kier alpha value is -0.950. The predicted octanol–water partition coefficient (Wildman–Crippen LogP) is 1.71. The molecule has 1 rings (SSSR count). The van der Waals surface area contributed by atoms with Crippen LogP contribution in [0.25, 0.3) is 0 Å². The molecule has 0 aromatic heterocycles. The summed E-state index contributed by atoms with van der Waals surface area (Å²) in [5, 5.41) is 10.4. The van der Waals surface area contributed by atoms with Gasteiger partial charge in [-0.1, -0.05) is 30.3 Å². The topological polar surface area (TPSA) is 80.7 Å². The molecule has 0 aliphatic carbocycles. The number of hydrogen-bond acceptors (Lipinski definition) is 5. The second-order valence-corrected chi connectivity index (χ2v) is 7.29. The van der Waals surface area contributed by atoms with Crippen LogP contribution in [0, 0.1) is 0 Å². The minimum atomic E-state index is -4.21. The Balaban J connectivity index is 2.80. The Morgan fingerprint density at radius 2 is 1.80 bits per heavy atom. The van der Waals surface area contributed by atoms with Gasteiger partial charge in [-0.3, -0.25) is 4.90 Å². The molecule has 0 radical (unpaired) electrons. The van der Waals surface area contributed by atoms with Crippen LogP contribution in [0.2, 0.25) is 0 Å². The fraction of sp³-hybridized carbons (Fsp3) is 0.571. The highest BCUT2D eigenvalue weighted by atomic mass is 32.2.